The first-order chi connectivity index (χ1) is 8.06. The Kier molecular flexibility index (Phi) is 3.31. The first-order valence-corrected chi connectivity index (χ1v) is 5.37. The summed E-state index contributed by atoms with van der Waals surface area (Å²) < 4.78 is 4.85. The molecule has 2 aromatic heterocycles. The molecule has 7 heteroatoms. The van der Waals surface area contributed by atoms with Gasteiger partial charge in [-0.2, -0.15) is 0 Å². The van der Waals surface area contributed by atoms with Crippen molar-refractivity contribution in [3.05, 3.63) is 39.8 Å². The maximum Gasteiger partial charge on any atom is 0.259 e. The van der Waals surface area contributed by atoms with Crippen molar-refractivity contribution in [3.63, 3.8) is 0 Å². The molecule has 0 spiro atoms. The van der Waals surface area contributed by atoms with Crippen LogP contribution >= 0.6 is 23.2 Å². The van der Waals surface area contributed by atoms with E-state index in [1.165, 1.54) is 12.3 Å². The molecule has 2 aromatic rings. The molecule has 0 saturated heterocycles. The molecule has 0 saturated carbocycles. The van der Waals surface area contributed by atoms with Crippen molar-refractivity contribution >= 4 is 35.0 Å². The van der Waals surface area contributed by atoms with Crippen molar-refractivity contribution in [1.29, 1.82) is 0 Å². The molecule has 2 heterocycles. The molecule has 88 valence electrons. The molecule has 0 unspecified atom stereocenters. The summed E-state index contributed by atoms with van der Waals surface area (Å²) >= 11 is 11.5. The summed E-state index contributed by atoms with van der Waals surface area (Å²) in [5.41, 5.74) is 0.889. The molecule has 5 nitrogen and oxygen atoms in total. The van der Waals surface area contributed by atoms with Crippen LogP contribution in [-0.4, -0.2) is 16.0 Å². The number of halogens is 2. The zero-order chi connectivity index (χ0) is 12.4. The van der Waals surface area contributed by atoms with Gasteiger partial charge in [0.1, 0.15) is 5.15 Å². The van der Waals surface area contributed by atoms with Gasteiger partial charge in [0, 0.05) is 12.3 Å². The van der Waals surface area contributed by atoms with Crippen LogP contribution in [-0.2, 0) is 0 Å². The smallest absolute Gasteiger partial charge is 0.259 e. The molecule has 0 aromatic carbocycles. The van der Waals surface area contributed by atoms with E-state index in [1.807, 2.05) is 0 Å². The number of carbonyl (C=O) groups excluding carboxylic acids is 1. The zero-order valence-corrected chi connectivity index (χ0v) is 10.2. The fourth-order valence-corrected chi connectivity index (χ4v) is 1.54. The Morgan fingerprint density at radius 2 is 2.18 bits per heavy atom. The van der Waals surface area contributed by atoms with E-state index in [4.69, 9.17) is 27.7 Å². The molecule has 0 radical (unpaired) electrons. The van der Waals surface area contributed by atoms with E-state index in [9.17, 15) is 4.79 Å². The third-order valence-corrected chi connectivity index (χ3v) is 2.44. The van der Waals surface area contributed by atoms with Crippen molar-refractivity contribution in [2.45, 2.75) is 6.92 Å². The molecule has 0 fully saturated rings. The fraction of sp³-hybridized carbons (Fsp3) is 0.100. The van der Waals surface area contributed by atoms with E-state index >= 15 is 0 Å². The van der Waals surface area contributed by atoms with Crippen LogP contribution in [0.5, 0.6) is 0 Å². The van der Waals surface area contributed by atoms with Gasteiger partial charge in [0.25, 0.3) is 5.91 Å². The van der Waals surface area contributed by atoms with E-state index in [0.717, 1.165) is 0 Å². The summed E-state index contributed by atoms with van der Waals surface area (Å²) in [5, 5.41) is 6.55. The molecule has 2 rings (SSSR count). The second kappa shape index (κ2) is 4.73. The van der Waals surface area contributed by atoms with Crippen molar-refractivity contribution in [3.8, 4) is 0 Å². The van der Waals surface area contributed by atoms with E-state index in [1.54, 1.807) is 13.0 Å². The lowest BCUT2D eigenvalue weighted by Crippen LogP contribution is -2.12. The number of carbonyl (C=O) groups is 1. The lowest BCUT2D eigenvalue weighted by molar-refractivity contribution is 0.102. The molecular weight excluding hydrogens is 265 g/mol. The van der Waals surface area contributed by atoms with Crippen LogP contribution in [0.2, 0.25) is 10.2 Å². The van der Waals surface area contributed by atoms with E-state index in [-0.39, 0.29) is 21.6 Å². The third-order valence-electron chi connectivity index (χ3n) is 1.93. The van der Waals surface area contributed by atoms with Gasteiger partial charge in [0.05, 0.1) is 16.3 Å². The second-order valence-electron chi connectivity index (χ2n) is 3.27. The first-order valence-electron chi connectivity index (χ1n) is 4.62. The van der Waals surface area contributed by atoms with Crippen LogP contribution in [0, 0.1) is 6.92 Å². The summed E-state index contributed by atoms with van der Waals surface area (Å²) in [5.74, 6) is -0.188. The maximum atomic E-state index is 11.8. The predicted octanol–water partition coefficient (Wildman–Crippen LogP) is 2.94. The van der Waals surface area contributed by atoms with Gasteiger partial charge in [0.15, 0.2) is 0 Å². The minimum Gasteiger partial charge on any atom is -0.338 e. The summed E-state index contributed by atoms with van der Waals surface area (Å²) in [7, 11) is 0. The maximum absolute atomic E-state index is 11.8. The highest BCUT2D eigenvalue weighted by atomic mass is 35.5. The molecule has 0 aliphatic rings. The summed E-state index contributed by atoms with van der Waals surface area (Å²) in [6, 6.07) is 2.97. The largest absolute Gasteiger partial charge is 0.338 e. The minimum atomic E-state index is -0.435. The van der Waals surface area contributed by atoms with Crippen LogP contribution in [0.25, 0.3) is 0 Å². The number of anilines is 1. The van der Waals surface area contributed by atoms with Gasteiger partial charge < -0.3 is 4.52 Å². The number of nitrogens with zero attached hydrogens (tertiary/aromatic N) is 2. The summed E-state index contributed by atoms with van der Waals surface area (Å²) in [6.07, 6.45) is 1.31. The molecule has 0 aliphatic carbocycles. The Hall–Kier alpha value is -1.59. The average Bonchev–Trinajstić information content (AvgIpc) is 2.67. The number of amides is 1. The Bertz CT molecular complexity index is 568. The molecule has 1 N–H and O–H groups in total. The molecule has 0 aliphatic heterocycles. The van der Waals surface area contributed by atoms with Crippen LogP contribution < -0.4 is 5.32 Å². The zero-order valence-electron chi connectivity index (χ0n) is 8.70. The SMILES string of the molecule is Cc1cc(NC(=O)c2cc(Cl)ncc2Cl)on1. The highest BCUT2D eigenvalue weighted by Crippen LogP contribution is 2.19. The van der Waals surface area contributed by atoms with Crippen molar-refractivity contribution in [2.24, 2.45) is 0 Å². The molecule has 17 heavy (non-hydrogen) atoms. The molecule has 1 amide bonds. The second-order valence-corrected chi connectivity index (χ2v) is 4.07. The van der Waals surface area contributed by atoms with Gasteiger partial charge in [-0.05, 0) is 13.0 Å². The number of aromatic nitrogens is 2. The molecular formula is C10H7Cl2N3O2. The quantitative estimate of drug-likeness (QED) is 0.853. The summed E-state index contributed by atoms with van der Waals surface area (Å²) in [6.45, 7) is 1.75. The number of hydrogen-bond acceptors (Lipinski definition) is 4. The average molecular weight is 272 g/mol. The van der Waals surface area contributed by atoms with Crippen LogP contribution in [0.3, 0.4) is 0 Å². The van der Waals surface area contributed by atoms with Gasteiger partial charge in [-0.25, -0.2) is 4.98 Å². The standard InChI is InChI=1S/C10H7Cl2N3O2/c1-5-2-9(17-15-5)14-10(16)6-3-8(12)13-4-7(6)11/h2-4H,1H3,(H,14,16). The Balaban J connectivity index is 2.22. The van der Waals surface area contributed by atoms with Gasteiger partial charge in [-0.3, -0.25) is 10.1 Å². The topological polar surface area (TPSA) is 68.0 Å². The van der Waals surface area contributed by atoms with Crippen LogP contribution in [0.4, 0.5) is 5.88 Å². The van der Waals surface area contributed by atoms with Gasteiger partial charge >= 0.3 is 0 Å². The molecule has 0 bridgehead atoms. The Labute approximate surface area is 107 Å². The lowest BCUT2D eigenvalue weighted by atomic mass is 10.2. The monoisotopic (exact) mass is 271 g/mol. The number of pyridine rings is 1. The number of nitrogens with one attached hydrogen (secondary N) is 1. The van der Waals surface area contributed by atoms with Crippen LogP contribution in [0.15, 0.2) is 22.9 Å². The minimum absolute atomic E-state index is 0.188. The third kappa shape index (κ3) is 2.75. The highest BCUT2D eigenvalue weighted by molar-refractivity contribution is 6.35. The fourth-order valence-electron chi connectivity index (χ4n) is 1.19. The summed E-state index contributed by atoms with van der Waals surface area (Å²) in [4.78, 5) is 15.6. The van der Waals surface area contributed by atoms with Gasteiger partial charge in [-0.15, -0.1) is 0 Å². The highest BCUT2D eigenvalue weighted by Gasteiger charge is 2.13. The number of aryl methyl sites for hydroxylation is 1. The van der Waals surface area contributed by atoms with E-state index < -0.39 is 5.91 Å². The van der Waals surface area contributed by atoms with Crippen molar-refractivity contribution in [2.75, 3.05) is 5.32 Å². The van der Waals surface area contributed by atoms with Crippen molar-refractivity contribution < 1.29 is 9.32 Å². The van der Waals surface area contributed by atoms with E-state index in [2.05, 4.69) is 15.5 Å². The van der Waals surface area contributed by atoms with E-state index in [0.29, 0.717) is 5.69 Å². The first kappa shape index (κ1) is 11.9. The Morgan fingerprint density at radius 3 is 2.82 bits per heavy atom. The normalized spacial score (nSPS) is 10.3. The molecule has 0 atom stereocenters. The predicted molar refractivity (Wildman–Crippen MR) is 63.5 cm³/mol. The van der Waals surface area contributed by atoms with Crippen LogP contribution in [0.1, 0.15) is 16.1 Å². The number of rotatable bonds is 2. The van der Waals surface area contributed by atoms with Gasteiger partial charge in [-0.1, -0.05) is 28.4 Å². The Morgan fingerprint density at radius 1 is 1.41 bits per heavy atom. The lowest BCUT2D eigenvalue weighted by Gasteiger charge is -2.03. The van der Waals surface area contributed by atoms with Crippen molar-refractivity contribution in [1.82, 2.24) is 10.1 Å². The van der Waals surface area contributed by atoms with Gasteiger partial charge in [0.2, 0.25) is 5.88 Å². The number of hydrogen-bond donors (Lipinski definition) is 1.